The molecule has 0 aliphatic carbocycles. The maximum absolute atomic E-state index is 11.6. The van der Waals surface area contributed by atoms with Crippen LogP contribution in [-0.4, -0.2) is 38.4 Å². The minimum Gasteiger partial charge on any atom is -0.317 e. The summed E-state index contributed by atoms with van der Waals surface area (Å²) in [7, 11) is -3.59. The van der Waals surface area contributed by atoms with Gasteiger partial charge in [-0.05, 0) is 31.3 Å². The molecule has 1 aliphatic rings. The molecule has 1 saturated heterocycles. The molecule has 6 heteroatoms. The lowest BCUT2D eigenvalue weighted by atomic mass is 9.95. The minimum absolute atomic E-state index is 0.0514. The molecule has 0 radical (unpaired) electrons. The lowest BCUT2D eigenvalue weighted by Crippen LogP contribution is -2.51. The van der Waals surface area contributed by atoms with Gasteiger partial charge < -0.3 is 5.32 Å². The minimum atomic E-state index is -3.59. The number of hydrogen-bond acceptors (Lipinski definition) is 3. The molecule has 0 amide bonds. The van der Waals surface area contributed by atoms with Gasteiger partial charge in [0.2, 0.25) is 0 Å². The van der Waals surface area contributed by atoms with Gasteiger partial charge in [0.1, 0.15) is 0 Å². The van der Waals surface area contributed by atoms with E-state index >= 15 is 0 Å². The number of hydrogen-bond donors (Lipinski definition) is 2. The van der Waals surface area contributed by atoms with Crippen molar-refractivity contribution in [2.24, 2.45) is 10.6 Å². The molecule has 0 unspecified atom stereocenters. The molecule has 0 atom stereocenters. The molecule has 1 rings (SSSR count). The molecule has 0 aromatic heterocycles. The highest BCUT2D eigenvalue weighted by Gasteiger charge is 2.31. The van der Waals surface area contributed by atoms with Gasteiger partial charge in [-0.3, -0.25) is 0 Å². The van der Waals surface area contributed by atoms with Gasteiger partial charge in [0.25, 0.3) is 10.2 Å². The van der Waals surface area contributed by atoms with Gasteiger partial charge in [0.05, 0.1) is 0 Å². The average molecular weight is 249 g/mol. The molecule has 1 heterocycles. The summed E-state index contributed by atoms with van der Waals surface area (Å²) in [5.74, 6) is 0. The second-order valence-corrected chi connectivity index (χ2v) is 7.13. The molecular formula is C10H23N3O2S. The Hall–Kier alpha value is -0.170. The Kier molecular flexibility index (Phi) is 4.34. The van der Waals surface area contributed by atoms with E-state index in [0.29, 0.717) is 6.54 Å². The lowest BCUT2D eigenvalue weighted by molar-refractivity contribution is 0.202. The Morgan fingerprint density at radius 3 is 2.19 bits per heavy atom. The molecule has 5 nitrogen and oxygen atoms in total. The average Bonchev–Trinajstić information content (AvgIpc) is 2.13. The van der Waals surface area contributed by atoms with E-state index in [1.807, 2.05) is 20.8 Å². The molecule has 3 N–H and O–H groups in total. The third-order valence-corrected chi connectivity index (χ3v) is 3.75. The Morgan fingerprint density at radius 1 is 1.31 bits per heavy atom. The van der Waals surface area contributed by atoms with Crippen LogP contribution in [0.25, 0.3) is 0 Å². The highest BCUT2D eigenvalue weighted by Crippen LogP contribution is 2.22. The first kappa shape index (κ1) is 13.9. The molecule has 0 aromatic carbocycles. The highest BCUT2D eigenvalue weighted by molar-refractivity contribution is 7.86. The van der Waals surface area contributed by atoms with Gasteiger partial charge in [-0.25, -0.2) is 5.14 Å². The summed E-state index contributed by atoms with van der Waals surface area (Å²) >= 11 is 0. The smallest absolute Gasteiger partial charge is 0.277 e. The van der Waals surface area contributed by atoms with Crippen molar-refractivity contribution in [3.8, 4) is 0 Å². The van der Waals surface area contributed by atoms with Crippen LogP contribution in [0.15, 0.2) is 0 Å². The second kappa shape index (κ2) is 5.00. The quantitative estimate of drug-likeness (QED) is 0.755. The first-order valence-corrected chi connectivity index (χ1v) is 7.21. The maximum Gasteiger partial charge on any atom is 0.277 e. The van der Waals surface area contributed by atoms with Gasteiger partial charge >= 0.3 is 0 Å². The van der Waals surface area contributed by atoms with Crippen molar-refractivity contribution in [3.63, 3.8) is 0 Å². The van der Waals surface area contributed by atoms with E-state index in [2.05, 4.69) is 5.32 Å². The Balaban J connectivity index is 2.79. The van der Waals surface area contributed by atoms with Crippen LogP contribution in [0.4, 0.5) is 0 Å². The zero-order valence-electron chi connectivity index (χ0n) is 10.4. The summed E-state index contributed by atoms with van der Waals surface area (Å²) in [6.45, 7) is 8.27. The summed E-state index contributed by atoms with van der Waals surface area (Å²) in [4.78, 5) is 0. The van der Waals surface area contributed by atoms with E-state index in [0.717, 1.165) is 25.9 Å². The predicted octanol–water partition coefficient (Wildman–Crippen LogP) is 0.290. The summed E-state index contributed by atoms with van der Waals surface area (Å²) in [6, 6.07) is 0.0514. The standard InChI is InChI=1S/C10H23N3O2S/c1-10(2,3)8-13(16(11,14)15)9-4-6-12-7-5-9/h9,12H,4-8H2,1-3H3,(H2,11,14,15). The van der Waals surface area contributed by atoms with Crippen LogP contribution in [0.2, 0.25) is 0 Å². The van der Waals surface area contributed by atoms with Crippen LogP contribution < -0.4 is 10.5 Å². The monoisotopic (exact) mass is 249 g/mol. The molecule has 1 fully saturated rings. The molecule has 0 spiro atoms. The zero-order chi connectivity index (χ0) is 12.4. The molecule has 1 aliphatic heterocycles. The van der Waals surface area contributed by atoms with Crippen molar-refractivity contribution in [1.82, 2.24) is 9.62 Å². The fourth-order valence-electron chi connectivity index (χ4n) is 1.99. The van der Waals surface area contributed by atoms with Crippen molar-refractivity contribution in [3.05, 3.63) is 0 Å². The van der Waals surface area contributed by atoms with Crippen LogP contribution >= 0.6 is 0 Å². The first-order chi connectivity index (χ1) is 7.20. The van der Waals surface area contributed by atoms with Crippen LogP contribution in [0.3, 0.4) is 0 Å². The Morgan fingerprint density at radius 2 is 1.81 bits per heavy atom. The van der Waals surface area contributed by atoms with Gasteiger partial charge in [-0.2, -0.15) is 12.7 Å². The van der Waals surface area contributed by atoms with Crippen molar-refractivity contribution in [2.75, 3.05) is 19.6 Å². The number of rotatable bonds is 3. The summed E-state index contributed by atoms with van der Waals surface area (Å²) in [6.07, 6.45) is 1.68. The Labute approximate surface area is 98.6 Å². The van der Waals surface area contributed by atoms with Crippen molar-refractivity contribution >= 4 is 10.2 Å². The van der Waals surface area contributed by atoms with E-state index in [9.17, 15) is 8.42 Å². The van der Waals surface area contributed by atoms with E-state index < -0.39 is 10.2 Å². The van der Waals surface area contributed by atoms with Crippen LogP contribution in [-0.2, 0) is 10.2 Å². The second-order valence-electron chi connectivity index (χ2n) is 5.63. The van der Waals surface area contributed by atoms with Crippen molar-refractivity contribution in [1.29, 1.82) is 0 Å². The molecule has 16 heavy (non-hydrogen) atoms. The highest BCUT2D eigenvalue weighted by atomic mass is 32.2. The first-order valence-electron chi connectivity index (χ1n) is 5.70. The van der Waals surface area contributed by atoms with E-state index in [-0.39, 0.29) is 11.5 Å². The third kappa shape index (κ3) is 4.37. The SMILES string of the molecule is CC(C)(C)CN(C1CCNCC1)S(N)(=O)=O. The van der Waals surface area contributed by atoms with Crippen LogP contribution in [0.1, 0.15) is 33.6 Å². The van der Waals surface area contributed by atoms with Crippen molar-refractivity contribution < 1.29 is 8.42 Å². The fourth-order valence-corrected chi connectivity index (χ4v) is 3.18. The largest absolute Gasteiger partial charge is 0.317 e. The number of nitrogens with zero attached hydrogens (tertiary/aromatic N) is 1. The summed E-state index contributed by atoms with van der Waals surface area (Å²) < 4.78 is 24.6. The maximum atomic E-state index is 11.6. The number of piperidine rings is 1. The summed E-state index contributed by atoms with van der Waals surface area (Å²) in [5, 5.41) is 8.52. The summed E-state index contributed by atoms with van der Waals surface area (Å²) in [5.41, 5.74) is -0.0721. The molecule has 0 aromatic rings. The molecule has 96 valence electrons. The van der Waals surface area contributed by atoms with Crippen LogP contribution in [0, 0.1) is 5.41 Å². The van der Waals surface area contributed by atoms with Gasteiger partial charge in [-0.15, -0.1) is 0 Å². The van der Waals surface area contributed by atoms with Gasteiger partial charge in [-0.1, -0.05) is 20.8 Å². The normalized spacial score (nSPS) is 20.3. The number of nitrogens with one attached hydrogen (secondary N) is 1. The van der Waals surface area contributed by atoms with E-state index in [1.54, 1.807) is 0 Å². The van der Waals surface area contributed by atoms with Crippen LogP contribution in [0.5, 0.6) is 0 Å². The predicted molar refractivity (Wildman–Crippen MR) is 65.2 cm³/mol. The number of nitrogens with two attached hydrogens (primary N) is 1. The van der Waals surface area contributed by atoms with E-state index in [4.69, 9.17) is 5.14 Å². The van der Waals surface area contributed by atoms with E-state index in [1.165, 1.54) is 4.31 Å². The van der Waals surface area contributed by atoms with Gasteiger partial charge in [0, 0.05) is 12.6 Å². The molecule has 0 saturated carbocycles. The molecular weight excluding hydrogens is 226 g/mol. The molecule has 0 bridgehead atoms. The van der Waals surface area contributed by atoms with Crippen molar-refractivity contribution in [2.45, 2.75) is 39.7 Å². The third-order valence-electron chi connectivity index (χ3n) is 2.67. The lowest BCUT2D eigenvalue weighted by Gasteiger charge is -2.36. The zero-order valence-corrected chi connectivity index (χ0v) is 11.2. The fraction of sp³-hybridized carbons (Fsp3) is 1.00. The van der Waals surface area contributed by atoms with Gasteiger partial charge in [0.15, 0.2) is 0 Å². The Bertz CT molecular complexity index is 315. The topological polar surface area (TPSA) is 75.4 Å².